The Kier molecular flexibility index (Phi) is 3.90. The SMILES string of the molecule is CC(C)N(Cc1ncc(-c2ccc3c(c2)OCO3)[nH]1)C(=O)[C@H]1C[C@@H]1C. The lowest BCUT2D eigenvalue weighted by atomic mass is 10.1. The van der Waals surface area contributed by atoms with Crippen LogP contribution in [-0.2, 0) is 11.3 Å². The summed E-state index contributed by atoms with van der Waals surface area (Å²) in [6.07, 6.45) is 2.80. The maximum absolute atomic E-state index is 12.6. The summed E-state index contributed by atoms with van der Waals surface area (Å²) in [6, 6.07) is 5.97. The molecule has 25 heavy (non-hydrogen) atoms. The van der Waals surface area contributed by atoms with Crippen molar-refractivity contribution in [3.63, 3.8) is 0 Å². The lowest BCUT2D eigenvalue weighted by Gasteiger charge is -2.26. The first-order valence-corrected chi connectivity index (χ1v) is 8.77. The molecule has 0 bridgehead atoms. The number of rotatable bonds is 5. The van der Waals surface area contributed by atoms with Crippen LogP contribution in [0.4, 0.5) is 0 Å². The van der Waals surface area contributed by atoms with Gasteiger partial charge in [0, 0.05) is 17.5 Å². The summed E-state index contributed by atoms with van der Waals surface area (Å²) >= 11 is 0. The second-order valence-corrected chi connectivity index (χ2v) is 7.19. The molecular weight excluding hydrogens is 318 g/mol. The minimum absolute atomic E-state index is 0.152. The largest absolute Gasteiger partial charge is 0.454 e. The molecule has 2 aliphatic rings. The molecule has 1 aliphatic carbocycles. The van der Waals surface area contributed by atoms with Crippen molar-refractivity contribution >= 4 is 5.91 Å². The second-order valence-electron chi connectivity index (χ2n) is 7.19. The average Bonchev–Trinajstić information content (AvgIpc) is 3.02. The third-order valence-corrected chi connectivity index (χ3v) is 4.97. The van der Waals surface area contributed by atoms with Crippen molar-refractivity contribution in [2.45, 2.75) is 39.8 Å². The molecule has 4 rings (SSSR count). The van der Waals surface area contributed by atoms with Gasteiger partial charge in [0.25, 0.3) is 0 Å². The van der Waals surface area contributed by atoms with E-state index >= 15 is 0 Å². The van der Waals surface area contributed by atoms with Gasteiger partial charge >= 0.3 is 0 Å². The number of carbonyl (C=O) groups is 1. The Hall–Kier alpha value is -2.50. The molecule has 1 fully saturated rings. The molecule has 1 aromatic heterocycles. The van der Waals surface area contributed by atoms with E-state index in [1.54, 1.807) is 6.20 Å². The van der Waals surface area contributed by atoms with Crippen molar-refractivity contribution in [2.24, 2.45) is 11.8 Å². The second kappa shape index (κ2) is 6.10. The molecule has 132 valence electrons. The van der Waals surface area contributed by atoms with E-state index in [9.17, 15) is 4.79 Å². The maximum Gasteiger partial charge on any atom is 0.231 e. The molecule has 1 aromatic carbocycles. The number of aromatic amines is 1. The first kappa shape index (κ1) is 16.0. The van der Waals surface area contributed by atoms with Gasteiger partial charge in [0.2, 0.25) is 12.7 Å². The van der Waals surface area contributed by atoms with Crippen LogP contribution in [0.5, 0.6) is 11.5 Å². The van der Waals surface area contributed by atoms with Crippen LogP contribution >= 0.6 is 0 Å². The van der Waals surface area contributed by atoms with E-state index < -0.39 is 0 Å². The Morgan fingerprint density at radius 3 is 2.84 bits per heavy atom. The van der Waals surface area contributed by atoms with Gasteiger partial charge in [0.1, 0.15) is 5.82 Å². The van der Waals surface area contributed by atoms with E-state index in [4.69, 9.17) is 9.47 Å². The number of H-pyrrole nitrogens is 1. The van der Waals surface area contributed by atoms with Gasteiger partial charge in [-0.15, -0.1) is 0 Å². The Labute approximate surface area is 147 Å². The third kappa shape index (κ3) is 3.08. The first-order valence-electron chi connectivity index (χ1n) is 8.77. The third-order valence-electron chi connectivity index (χ3n) is 4.97. The van der Waals surface area contributed by atoms with Crippen LogP contribution in [0.15, 0.2) is 24.4 Å². The Morgan fingerprint density at radius 2 is 2.12 bits per heavy atom. The molecule has 2 aromatic rings. The van der Waals surface area contributed by atoms with Crippen LogP contribution in [0, 0.1) is 11.8 Å². The lowest BCUT2D eigenvalue weighted by Crippen LogP contribution is -2.38. The quantitative estimate of drug-likeness (QED) is 0.907. The van der Waals surface area contributed by atoms with Crippen molar-refractivity contribution in [2.75, 3.05) is 6.79 Å². The molecule has 1 aliphatic heterocycles. The summed E-state index contributed by atoms with van der Waals surface area (Å²) in [5, 5.41) is 0. The molecule has 2 heterocycles. The lowest BCUT2D eigenvalue weighted by molar-refractivity contribution is -0.135. The van der Waals surface area contributed by atoms with Crippen molar-refractivity contribution in [1.82, 2.24) is 14.9 Å². The number of carbonyl (C=O) groups excluding carboxylic acids is 1. The Morgan fingerprint density at radius 1 is 1.36 bits per heavy atom. The number of hydrogen-bond acceptors (Lipinski definition) is 4. The first-order chi connectivity index (χ1) is 12.0. The number of ether oxygens (including phenoxy) is 2. The number of fused-ring (bicyclic) bond motifs is 1. The standard InChI is InChI=1S/C19H23N3O3/c1-11(2)22(19(23)14-6-12(14)3)9-18-20-8-15(21-18)13-4-5-16-17(7-13)25-10-24-16/h4-5,7-8,11-12,14H,6,9-10H2,1-3H3,(H,20,21)/t12-,14-/m0/s1. The number of nitrogens with zero attached hydrogens (tertiary/aromatic N) is 2. The van der Waals surface area contributed by atoms with E-state index in [1.165, 1.54) is 0 Å². The summed E-state index contributed by atoms with van der Waals surface area (Å²) in [7, 11) is 0. The topological polar surface area (TPSA) is 67.5 Å². The molecule has 1 N–H and O–H groups in total. The molecule has 6 heteroatoms. The smallest absolute Gasteiger partial charge is 0.231 e. The molecule has 0 unspecified atom stereocenters. The van der Waals surface area contributed by atoms with Gasteiger partial charge in [0.15, 0.2) is 11.5 Å². The minimum atomic E-state index is 0.152. The molecule has 2 atom stereocenters. The van der Waals surface area contributed by atoms with Gasteiger partial charge in [-0.3, -0.25) is 4.79 Å². The van der Waals surface area contributed by atoms with Crippen molar-refractivity contribution < 1.29 is 14.3 Å². The summed E-state index contributed by atoms with van der Waals surface area (Å²) in [5.74, 6) is 3.24. The monoisotopic (exact) mass is 341 g/mol. The fourth-order valence-electron chi connectivity index (χ4n) is 3.21. The number of aromatic nitrogens is 2. The van der Waals surface area contributed by atoms with Crippen LogP contribution in [0.1, 0.15) is 33.0 Å². The summed E-state index contributed by atoms with van der Waals surface area (Å²) in [5.41, 5.74) is 1.89. The molecular formula is C19H23N3O3. The fourth-order valence-corrected chi connectivity index (χ4v) is 3.21. The Balaban J connectivity index is 1.51. The van der Waals surface area contributed by atoms with Crippen LogP contribution in [-0.4, -0.2) is 33.6 Å². The molecule has 0 spiro atoms. The van der Waals surface area contributed by atoms with Gasteiger partial charge in [-0.2, -0.15) is 0 Å². The van der Waals surface area contributed by atoms with Crippen molar-refractivity contribution in [1.29, 1.82) is 0 Å². The minimum Gasteiger partial charge on any atom is -0.454 e. The average molecular weight is 341 g/mol. The predicted molar refractivity (Wildman–Crippen MR) is 93.1 cm³/mol. The summed E-state index contributed by atoms with van der Waals surface area (Å²) < 4.78 is 10.8. The number of benzene rings is 1. The van der Waals surface area contributed by atoms with E-state index in [2.05, 4.69) is 16.9 Å². The van der Waals surface area contributed by atoms with E-state index in [1.807, 2.05) is 36.9 Å². The van der Waals surface area contributed by atoms with E-state index in [-0.39, 0.29) is 24.7 Å². The van der Waals surface area contributed by atoms with Gasteiger partial charge in [-0.1, -0.05) is 6.92 Å². The zero-order valence-corrected chi connectivity index (χ0v) is 14.8. The molecule has 1 saturated carbocycles. The zero-order valence-electron chi connectivity index (χ0n) is 14.8. The summed E-state index contributed by atoms with van der Waals surface area (Å²) in [6.45, 7) is 6.99. The highest BCUT2D eigenvalue weighted by Crippen LogP contribution is 2.40. The van der Waals surface area contributed by atoms with Crippen molar-refractivity contribution in [3.05, 3.63) is 30.2 Å². The number of amides is 1. The van der Waals surface area contributed by atoms with E-state index in [0.29, 0.717) is 12.5 Å². The van der Waals surface area contributed by atoms with Gasteiger partial charge in [-0.25, -0.2) is 4.98 Å². The zero-order chi connectivity index (χ0) is 17.6. The molecule has 0 saturated heterocycles. The fraction of sp³-hybridized carbons (Fsp3) is 0.474. The number of imidazole rings is 1. The molecule has 6 nitrogen and oxygen atoms in total. The van der Waals surface area contributed by atoms with Gasteiger partial charge < -0.3 is 19.4 Å². The van der Waals surface area contributed by atoms with Crippen LogP contribution in [0.25, 0.3) is 11.3 Å². The highest BCUT2D eigenvalue weighted by Gasteiger charge is 2.42. The predicted octanol–water partition coefficient (Wildman–Crippen LogP) is 3.20. The van der Waals surface area contributed by atoms with Crippen LogP contribution in [0.2, 0.25) is 0 Å². The molecule has 1 amide bonds. The van der Waals surface area contributed by atoms with Crippen molar-refractivity contribution in [3.8, 4) is 22.8 Å². The van der Waals surface area contributed by atoms with Crippen LogP contribution < -0.4 is 9.47 Å². The van der Waals surface area contributed by atoms with Crippen LogP contribution in [0.3, 0.4) is 0 Å². The van der Waals surface area contributed by atoms with E-state index in [0.717, 1.165) is 35.0 Å². The summed E-state index contributed by atoms with van der Waals surface area (Å²) in [4.78, 5) is 22.3. The molecule has 0 radical (unpaired) electrons. The highest BCUT2D eigenvalue weighted by molar-refractivity contribution is 5.81. The maximum atomic E-state index is 12.6. The number of nitrogens with one attached hydrogen (secondary N) is 1. The highest BCUT2D eigenvalue weighted by atomic mass is 16.7. The number of hydrogen-bond donors (Lipinski definition) is 1. The van der Waals surface area contributed by atoms with Gasteiger partial charge in [-0.05, 0) is 44.4 Å². The normalized spacial score (nSPS) is 20.8. The van der Waals surface area contributed by atoms with Gasteiger partial charge in [0.05, 0.1) is 18.4 Å². The Bertz CT molecular complexity index is 799.